The van der Waals surface area contributed by atoms with Crippen molar-refractivity contribution < 1.29 is 28.6 Å². The molecule has 7 nitrogen and oxygen atoms in total. The molecule has 0 saturated heterocycles. The minimum absolute atomic E-state index is 0.323. The van der Waals surface area contributed by atoms with Gasteiger partial charge in [0.25, 0.3) is 5.91 Å². The van der Waals surface area contributed by atoms with Gasteiger partial charge in [-0.05, 0) is 55.5 Å². The van der Waals surface area contributed by atoms with Gasteiger partial charge in [-0.2, -0.15) is 0 Å². The summed E-state index contributed by atoms with van der Waals surface area (Å²) in [4.78, 5) is 35.1. The normalized spacial score (nSPS) is 9.92. The van der Waals surface area contributed by atoms with Crippen molar-refractivity contribution in [1.82, 2.24) is 0 Å². The number of ether oxygens (including phenoxy) is 3. The van der Waals surface area contributed by atoms with Crippen molar-refractivity contribution in [3.05, 3.63) is 59.7 Å². The summed E-state index contributed by atoms with van der Waals surface area (Å²) >= 11 is 0. The number of amides is 1. The standard InChI is InChI=1S/C19H19NO6/c1-3-25-16-10-6-14(7-11-16)19(23)26-12-17(21)20-15-8-4-13(5-9-15)18(22)24-2/h4-11H,3,12H2,1-2H3,(H,20,21). The molecule has 0 spiro atoms. The van der Waals surface area contributed by atoms with Gasteiger partial charge in [-0.1, -0.05) is 0 Å². The van der Waals surface area contributed by atoms with E-state index in [-0.39, 0.29) is 0 Å². The number of rotatable bonds is 7. The lowest BCUT2D eigenvalue weighted by Crippen LogP contribution is -2.21. The number of carbonyl (C=O) groups excluding carboxylic acids is 3. The topological polar surface area (TPSA) is 90.9 Å². The average molecular weight is 357 g/mol. The second-order valence-corrected chi connectivity index (χ2v) is 5.15. The summed E-state index contributed by atoms with van der Waals surface area (Å²) in [5.74, 6) is -0.913. The summed E-state index contributed by atoms with van der Waals surface area (Å²) in [6, 6.07) is 12.6. The van der Waals surface area contributed by atoms with E-state index >= 15 is 0 Å². The Balaban J connectivity index is 1.84. The molecule has 2 aromatic carbocycles. The van der Waals surface area contributed by atoms with Crippen molar-refractivity contribution in [3.8, 4) is 5.75 Å². The van der Waals surface area contributed by atoms with Crippen molar-refractivity contribution in [2.45, 2.75) is 6.92 Å². The molecule has 7 heteroatoms. The van der Waals surface area contributed by atoms with Crippen LogP contribution < -0.4 is 10.1 Å². The van der Waals surface area contributed by atoms with Crippen LogP contribution in [-0.4, -0.2) is 38.2 Å². The van der Waals surface area contributed by atoms with E-state index in [2.05, 4.69) is 10.1 Å². The predicted octanol–water partition coefficient (Wildman–Crippen LogP) is 2.67. The van der Waals surface area contributed by atoms with Gasteiger partial charge < -0.3 is 19.5 Å². The second kappa shape index (κ2) is 9.22. The molecule has 0 aromatic heterocycles. The fourth-order valence-corrected chi connectivity index (χ4v) is 2.07. The Morgan fingerprint density at radius 1 is 0.885 bits per heavy atom. The average Bonchev–Trinajstić information content (AvgIpc) is 2.67. The van der Waals surface area contributed by atoms with Gasteiger partial charge >= 0.3 is 11.9 Å². The molecular formula is C19H19NO6. The van der Waals surface area contributed by atoms with Crippen molar-refractivity contribution in [2.24, 2.45) is 0 Å². The largest absolute Gasteiger partial charge is 0.494 e. The summed E-state index contributed by atoms with van der Waals surface area (Å²) in [5, 5.41) is 2.57. The summed E-state index contributed by atoms with van der Waals surface area (Å²) in [5.41, 5.74) is 1.16. The van der Waals surface area contributed by atoms with Crippen molar-refractivity contribution in [2.75, 3.05) is 25.6 Å². The molecule has 0 aliphatic carbocycles. The number of anilines is 1. The van der Waals surface area contributed by atoms with Gasteiger partial charge in [-0.25, -0.2) is 9.59 Å². The van der Waals surface area contributed by atoms with Crippen LogP contribution in [0.3, 0.4) is 0 Å². The molecule has 0 saturated carbocycles. The van der Waals surface area contributed by atoms with Crippen LogP contribution in [0, 0.1) is 0 Å². The first-order chi connectivity index (χ1) is 12.5. The zero-order chi connectivity index (χ0) is 18.9. The Kier molecular flexibility index (Phi) is 6.73. The van der Waals surface area contributed by atoms with Crippen LogP contribution >= 0.6 is 0 Å². The van der Waals surface area contributed by atoms with Gasteiger partial charge in [0.05, 0.1) is 24.8 Å². The molecule has 2 rings (SSSR count). The first-order valence-electron chi connectivity index (χ1n) is 7.91. The molecular weight excluding hydrogens is 338 g/mol. The van der Waals surface area contributed by atoms with Gasteiger partial charge in [-0.3, -0.25) is 4.79 Å². The molecule has 2 aromatic rings. The van der Waals surface area contributed by atoms with Crippen LogP contribution in [0.1, 0.15) is 27.6 Å². The maximum absolute atomic E-state index is 11.9. The Morgan fingerprint density at radius 2 is 1.46 bits per heavy atom. The summed E-state index contributed by atoms with van der Waals surface area (Å²) in [6.45, 7) is 1.97. The van der Waals surface area contributed by atoms with E-state index in [4.69, 9.17) is 9.47 Å². The first kappa shape index (κ1) is 19.0. The van der Waals surface area contributed by atoms with Crippen LogP contribution in [0.15, 0.2) is 48.5 Å². The fraction of sp³-hybridized carbons (Fsp3) is 0.211. The molecule has 0 aliphatic heterocycles. The second-order valence-electron chi connectivity index (χ2n) is 5.15. The molecule has 136 valence electrons. The highest BCUT2D eigenvalue weighted by Crippen LogP contribution is 2.13. The summed E-state index contributed by atoms with van der Waals surface area (Å²) < 4.78 is 14.9. The molecule has 0 bridgehead atoms. The minimum atomic E-state index is -0.607. The molecule has 26 heavy (non-hydrogen) atoms. The van der Waals surface area contributed by atoms with E-state index in [1.165, 1.54) is 19.2 Å². The van der Waals surface area contributed by atoms with Crippen LogP contribution in [0.25, 0.3) is 0 Å². The van der Waals surface area contributed by atoms with Gasteiger partial charge in [0.1, 0.15) is 5.75 Å². The van der Waals surface area contributed by atoms with E-state index in [0.717, 1.165) is 0 Å². The quantitative estimate of drug-likeness (QED) is 0.766. The highest BCUT2D eigenvalue weighted by Gasteiger charge is 2.11. The van der Waals surface area contributed by atoms with Crippen LogP contribution in [0.2, 0.25) is 0 Å². The van der Waals surface area contributed by atoms with Gasteiger partial charge in [0.15, 0.2) is 6.61 Å². The third-order valence-corrected chi connectivity index (χ3v) is 3.33. The predicted molar refractivity (Wildman–Crippen MR) is 94.3 cm³/mol. The lowest BCUT2D eigenvalue weighted by Gasteiger charge is -2.08. The highest BCUT2D eigenvalue weighted by atomic mass is 16.5. The molecule has 0 atom stereocenters. The van der Waals surface area contributed by atoms with E-state index in [1.807, 2.05) is 6.92 Å². The number of carbonyl (C=O) groups is 3. The zero-order valence-electron chi connectivity index (χ0n) is 14.5. The highest BCUT2D eigenvalue weighted by molar-refractivity contribution is 5.96. The molecule has 0 unspecified atom stereocenters. The fourth-order valence-electron chi connectivity index (χ4n) is 2.07. The van der Waals surface area contributed by atoms with Crippen molar-refractivity contribution >= 4 is 23.5 Å². The van der Waals surface area contributed by atoms with Crippen LogP contribution in [-0.2, 0) is 14.3 Å². The SMILES string of the molecule is CCOc1ccc(C(=O)OCC(=O)Nc2ccc(C(=O)OC)cc2)cc1. The number of hydrogen-bond acceptors (Lipinski definition) is 6. The number of nitrogens with one attached hydrogen (secondary N) is 1. The van der Waals surface area contributed by atoms with Gasteiger partial charge in [0.2, 0.25) is 0 Å². The molecule has 0 heterocycles. The smallest absolute Gasteiger partial charge is 0.338 e. The lowest BCUT2D eigenvalue weighted by atomic mass is 10.2. The molecule has 1 amide bonds. The molecule has 1 N–H and O–H groups in total. The lowest BCUT2D eigenvalue weighted by molar-refractivity contribution is -0.119. The van der Waals surface area contributed by atoms with E-state index in [1.54, 1.807) is 36.4 Å². The molecule has 0 fully saturated rings. The van der Waals surface area contributed by atoms with E-state index in [9.17, 15) is 14.4 Å². The Labute approximate surface area is 150 Å². The number of methoxy groups -OCH3 is 1. The number of hydrogen-bond donors (Lipinski definition) is 1. The Bertz CT molecular complexity index is 768. The number of benzene rings is 2. The number of esters is 2. The third kappa shape index (κ3) is 5.34. The zero-order valence-corrected chi connectivity index (χ0v) is 14.5. The monoisotopic (exact) mass is 357 g/mol. The van der Waals surface area contributed by atoms with Crippen LogP contribution in [0.5, 0.6) is 5.75 Å². The Morgan fingerprint density at radius 3 is 2.04 bits per heavy atom. The van der Waals surface area contributed by atoms with Crippen molar-refractivity contribution in [1.29, 1.82) is 0 Å². The van der Waals surface area contributed by atoms with Crippen molar-refractivity contribution in [3.63, 3.8) is 0 Å². The minimum Gasteiger partial charge on any atom is -0.494 e. The van der Waals surface area contributed by atoms with E-state index in [0.29, 0.717) is 29.2 Å². The van der Waals surface area contributed by atoms with Crippen LogP contribution in [0.4, 0.5) is 5.69 Å². The van der Waals surface area contributed by atoms with Gasteiger partial charge in [0, 0.05) is 5.69 Å². The summed E-state index contributed by atoms with van der Waals surface area (Å²) in [7, 11) is 1.29. The first-order valence-corrected chi connectivity index (χ1v) is 7.91. The summed E-state index contributed by atoms with van der Waals surface area (Å²) in [6.07, 6.45) is 0. The molecule has 0 aliphatic rings. The maximum Gasteiger partial charge on any atom is 0.338 e. The van der Waals surface area contributed by atoms with Gasteiger partial charge in [-0.15, -0.1) is 0 Å². The third-order valence-electron chi connectivity index (χ3n) is 3.33. The Hall–Kier alpha value is -3.35. The maximum atomic E-state index is 11.9. The van der Waals surface area contributed by atoms with E-state index < -0.39 is 24.5 Å². The molecule has 0 radical (unpaired) electrons.